The Morgan fingerprint density at radius 1 is 1.00 bits per heavy atom. The monoisotopic (exact) mass is 896 g/mol. The van der Waals surface area contributed by atoms with Gasteiger partial charge in [-0.2, -0.15) is 5.10 Å². The maximum absolute atomic E-state index is 16.1. The summed E-state index contributed by atoms with van der Waals surface area (Å²) in [5.74, 6) is -0.832. The van der Waals surface area contributed by atoms with Gasteiger partial charge in [0.1, 0.15) is 0 Å². The first-order valence-electron chi connectivity index (χ1n) is 21.6. The van der Waals surface area contributed by atoms with Crippen LogP contribution < -0.4 is 20.3 Å². The number of thiazole rings is 1. The van der Waals surface area contributed by atoms with Gasteiger partial charge in [-0.25, -0.2) is 27.8 Å². The molecule has 3 N–H and O–H groups in total. The van der Waals surface area contributed by atoms with Crippen molar-refractivity contribution in [2.75, 3.05) is 46.9 Å². The maximum atomic E-state index is 16.1. The molecule has 18 heteroatoms. The van der Waals surface area contributed by atoms with Crippen LogP contribution in [0.1, 0.15) is 95.2 Å². The highest BCUT2D eigenvalue weighted by Crippen LogP contribution is 2.42. The van der Waals surface area contributed by atoms with Gasteiger partial charge in [-0.05, 0) is 73.9 Å². The quantitative estimate of drug-likeness (QED) is 0.100. The number of sulfonamides is 1. The number of rotatable bonds is 13. The van der Waals surface area contributed by atoms with E-state index in [1.54, 1.807) is 37.5 Å². The smallest absolute Gasteiger partial charge is 0.234 e. The molecule has 3 amide bonds. The van der Waals surface area contributed by atoms with Gasteiger partial charge in [0, 0.05) is 68.1 Å². The van der Waals surface area contributed by atoms with Crippen molar-refractivity contribution in [3.63, 3.8) is 0 Å². The SMILES string of the molecule is CCCS(=O)(=O)Nc1cccc(-c2nc(C(C)(C)C)sc2-c2ccnc(Nc3cnn(C4CCN(C(=O)C[C@@H]5CCN(c6ccc(C7CCC(=O)NC7=O)cc6)C5)CC4)c3)n2)c1F. The van der Waals surface area contributed by atoms with Crippen LogP contribution in [0.25, 0.3) is 21.8 Å². The Bertz CT molecular complexity index is 2600. The van der Waals surface area contributed by atoms with E-state index >= 15 is 4.39 Å². The third-order valence-electron chi connectivity index (χ3n) is 11.8. The van der Waals surface area contributed by atoms with Gasteiger partial charge in [0.25, 0.3) is 0 Å². The van der Waals surface area contributed by atoms with Crippen LogP contribution in [-0.2, 0) is 29.8 Å². The van der Waals surface area contributed by atoms with E-state index < -0.39 is 15.8 Å². The third-order valence-corrected chi connectivity index (χ3v) is 14.8. The van der Waals surface area contributed by atoms with E-state index in [0.29, 0.717) is 66.7 Å². The van der Waals surface area contributed by atoms with E-state index in [4.69, 9.17) is 9.97 Å². The Morgan fingerprint density at radius 2 is 1.78 bits per heavy atom. The molecule has 8 rings (SSSR count). The molecule has 5 aromatic rings. The molecule has 0 aliphatic carbocycles. The standard InChI is InChI=1S/C45H53FN10O5S2/c1-5-23-63(60,61)53-35-8-6-7-34(39(35)46)40-41(62-43(52-40)45(2,3)4)36-15-19-47-44(50-36)49-30-25-48-56(27-30)32-17-21-54(22-18-32)38(58)24-28-16-20-55(26-28)31-11-9-29(10-12-31)33-13-14-37(57)51-42(33)59/h6-12,15,19,25,27-28,32-33,53H,5,13-14,16-18,20-24,26H2,1-4H3,(H,47,49,50)(H,51,57,59)/t28-,33?/m0/s1. The first kappa shape index (κ1) is 43.9. The van der Waals surface area contributed by atoms with Crippen LogP contribution in [0, 0.1) is 11.7 Å². The van der Waals surface area contributed by atoms with Crippen molar-refractivity contribution in [3.05, 3.63) is 83.5 Å². The normalized spacial score (nSPS) is 18.7. The Hall–Kier alpha value is -5.75. The molecule has 0 saturated carbocycles. The van der Waals surface area contributed by atoms with E-state index in [9.17, 15) is 22.8 Å². The second-order valence-corrected chi connectivity index (χ2v) is 20.5. The number of hydrogen-bond donors (Lipinski definition) is 3. The van der Waals surface area contributed by atoms with Crippen LogP contribution in [0.3, 0.4) is 0 Å². The fourth-order valence-corrected chi connectivity index (χ4v) is 10.7. The first-order valence-corrected chi connectivity index (χ1v) is 24.0. The second kappa shape index (κ2) is 18.2. The number of halogens is 1. The molecule has 3 aliphatic heterocycles. The number of anilines is 4. The lowest BCUT2D eigenvalue weighted by Crippen LogP contribution is -2.40. The Balaban J connectivity index is 0.870. The molecular formula is C45H53FN10O5S2. The summed E-state index contributed by atoms with van der Waals surface area (Å²) < 4.78 is 45.5. The summed E-state index contributed by atoms with van der Waals surface area (Å²) in [7, 11) is -3.72. The lowest BCUT2D eigenvalue weighted by Gasteiger charge is -2.32. The van der Waals surface area contributed by atoms with Gasteiger partial charge >= 0.3 is 0 Å². The Labute approximate surface area is 371 Å². The highest BCUT2D eigenvalue weighted by molar-refractivity contribution is 7.92. The van der Waals surface area contributed by atoms with E-state index in [2.05, 4.69) is 30.3 Å². The molecule has 3 aliphatic rings. The zero-order chi connectivity index (χ0) is 44.5. The highest BCUT2D eigenvalue weighted by Gasteiger charge is 2.32. The minimum absolute atomic E-state index is 0.120. The van der Waals surface area contributed by atoms with E-state index in [0.717, 1.165) is 48.6 Å². The maximum Gasteiger partial charge on any atom is 0.234 e. The van der Waals surface area contributed by atoms with Crippen LogP contribution in [0.2, 0.25) is 0 Å². The van der Waals surface area contributed by atoms with Crippen LogP contribution in [0.4, 0.5) is 27.4 Å². The predicted molar refractivity (Wildman–Crippen MR) is 242 cm³/mol. The largest absolute Gasteiger partial charge is 0.371 e. The van der Waals surface area contributed by atoms with Crippen molar-refractivity contribution < 1.29 is 27.2 Å². The van der Waals surface area contributed by atoms with Gasteiger partial charge in [0.15, 0.2) is 5.82 Å². The van der Waals surface area contributed by atoms with Gasteiger partial charge in [0.05, 0.1) is 56.6 Å². The van der Waals surface area contributed by atoms with Gasteiger partial charge in [0.2, 0.25) is 33.7 Å². The van der Waals surface area contributed by atoms with Crippen LogP contribution in [0.5, 0.6) is 0 Å². The van der Waals surface area contributed by atoms with Gasteiger partial charge < -0.3 is 15.1 Å². The van der Waals surface area contributed by atoms with Gasteiger partial charge in [-0.3, -0.25) is 29.1 Å². The van der Waals surface area contributed by atoms with Crippen LogP contribution in [-0.4, -0.2) is 87.7 Å². The van der Waals surface area contributed by atoms with Crippen molar-refractivity contribution in [2.24, 2.45) is 5.92 Å². The molecule has 1 unspecified atom stereocenters. The third kappa shape index (κ3) is 10.1. The van der Waals surface area contributed by atoms with Crippen LogP contribution >= 0.6 is 11.3 Å². The van der Waals surface area contributed by atoms with Crippen molar-refractivity contribution in [1.82, 2.24) is 34.9 Å². The predicted octanol–water partition coefficient (Wildman–Crippen LogP) is 7.40. The fraction of sp³-hybridized carbons (Fsp3) is 0.444. The van der Waals surface area contributed by atoms with Crippen molar-refractivity contribution in [2.45, 2.75) is 90.0 Å². The summed E-state index contributed by atoms with van der Waals surface area (Å²) in [6, 6.07) is 14.5. The summed E-state index contributed by atoms with van der Waals surface area (Å²) in [6.45, 7) is 10.8. The zero-order valence-corrected chi connectivity index (χ0v) is 37.6. The fourth-order valence-electron chi connectivity index (χ4n) is 8.47. The molecule has 2 aromatic carbocycles. The molecule has 3 aromatic heterocycles. The van der Waals surface area contributed by atoms with Gasteiger partial charge in [-0.15, -0.1) is 11.3 Å². The summed E-state index contributed by atoms with van der Waals surface area (Å²) >= 11 is 1.40. The van der Waals surface area contributed by atoms with Crippen molar-refractivity contribution in [3.8, 4) is 21.8 Å². The number of carbonyl (C=O) groups excluding carboxylic acids is 3. The topological polar surface area (TPSA) is 184 Å². The lowest BCUT2D eigenvalue weighted by atomic mass is 9.90. The van der Waals surface area contributed by atoms with Crippen molar-refractivity contribution >= 4 is 62.1 Å². The summed E-state index contributed by atoms with van der Waals surface area (Å²) in [4.78, 5) is 56.4. The first-order chi connectivity index (χ1) is 30.1. The number of nitrogens with zero attached hydrogens (tertiary/aromatic N) is 7. The van der Waals surface area contributed by atoms with E-state index in [1.807, 2.05) is 60.8 Å². The molecule has 2 atom stereocenters. The number of aromatic nitrogens is 5. The number of nitrogens with one attached hydrogen (secondary N) is 3. The lowest BCUT2D eigenvalue weighted by molar-refractivity contribution is -0.135. The van der Waals surface area contributed by atoms with E-state index in [-0.39, 0.29) is 58.0 Å². The average molecular weight is 897 g/mol. The highest BCUT2D eigenvalue weighted by atomic mass is 32.2. The number of hydrogen-bond acceptors (Lipinski definition) is 12. The Kier molecular flexibility index (Phi) is 12.6. The van der Waals surface area contributed by atoms with Crippen LogP contribution in [0.15, 0.2) is 67.1 Å². The molecule has 3 fully saturated rings. The molecule has 0 spiro atoms. The average Bonchev–Trinajstić information content (AvgIpc) is 4.03. The number of benzene rings is 2. The molecule has 0 bridgehead atoms. The van der Waals surface area contributed by atoms with E-state index in [1.165, 1.54) is 17.4 Å². The number of amides is 3. The Morgan fingerprint density at radius 3 is 2.51 bits per heavy atom. The molecular weight excluding hydrogens is 844 g/mol. The summed E-state index contributed by atoms with van der Waals surface area (Å²) in [6.07, 6.45) is 9.53. The molecule has 6 heterocycles. The minimum atomic E-state index is -3.72. The molecule has 63 heavy (non-hydrogen) atoms. The number of likely N-dealkylation sites (tertiary alicyclic amines) is 1. The number of piperidine rings is 2. The molecule has 0 radical (unpaired) electrons. The molecule has 332 valence electrons. The molecule has 15 nitrogen and oxygen atoms in total. The summed E-state index contributed by atoms with van der Waals surface area (Å²) in [5, 5.41) is 11.1. The minimum Gasteiger partial charge on any atom is -0.371 e. The molecule has 3 saturated heterocycles. The summed E-state index contributed by atoms with van der Waals surface area (Å²) in [5.41, 5.74) is 3.25. The number of imide groups is 1. The van der Waals surface area contributed by atoms with Crippen molar-refractivity contribution in [1.29, 1.82) is 0 Å². The zero-order valence-electron chi connectivity index (χ0n) is 35.9. The number of carbonyl (C=O) groups is 3. The van der Waals surface area contributed by atoms with Gasteiger partial charge in [-0.1, -0.05) is 45.9 Å². The second-order valence-electron chi connectivity index (χ2n) is 17.6.